The SMILES string of the molecule is N#Cc1ccc([N+](=O)[O-])cc1NCCN1c2ccccc2NS1(=O)=O. The van der Waals surface area contributed by atoms with Gasteiger partial charge in [0.1, 0.15) is 6.07 Å². The first-order valence-corrected chi connectivity index (χ1v) is 8.68. The second-order valence-corrected chi connectivity index (χ2v) is 6.82. The molecule has 0 bridgehead atoms. The number of fused-ring (bicyclic) bond motifs is 1. The van der Waals surface area contributed by atoms with Crippen LogP contribution in [0.15, 0.2) is 42.5 Å². The Balaban J connectivity index is 1.76. The maximum atomic E-state index is 12.2. The standard InChI is InChI=1S/C15H13N5O4S/c16-10-11-5-6-12(20(21)22)9-14(11)17-7-8-19-15-4-2-1-3-13(15)18-25(19,23)24/h1-6,9,17-18H,7-8H2. The van der Waals surface area contributed by atoms with E-state index in [1.54, 1.807) is 24.3 Å². The van der Waals surface area contributed by atoms with E-state index >= 15 is 0 Å². The van der Waals surface area contributed by atoms with Crippen LogP contribution in [0.2, 0.25) is 0 Å². The van der Waals surface area contributed by atoms with Crippen LogP contribution in [0.1, 0.15) is 5.56 Å². The normalized spacial score (nSPS) is 14.3. The lowest BCUT2D eigenvalue weighted by atomic mass is 10.1. The Hall–Kier alpha value is -3.32. The number of benzene rings is 2. The van der Waals surface area contributed by atoms with E-state index in [1.807, 2.05) is 6.07 Å². The van der Waals surface area contributed by atoms with Crippen molar-refractivity contribution in [1.29, 1.82) is 5.26 Å². The first-order valence-electron chi connectivity index (χ1n) is 7.24. The molecule has 0 spiro atoms. The molecule has 1 aliphatic rings. The van der Waals surface area contributed by atoms with Crippen molar-refractivity contribution >= 4 is 33.0 Å². The van der Waals surface area contributed by atoms with E-state index in [2.05, 4.69) is 10.0 Å². The highest BCUT2D eigenvalue weighted by molar-refractivity contribution is 7.94. The van der Waals surface area contributed by atoms with E-state index in [4.69, 9.17) is 5.26 Å². The number of anilines is 3. The smallest absolute Gasteiger partial charge is 0.324 e. The third-order valence-electron chi connectivity index (χ3n) is 3.67. The Morgan fingerprint density at radius 1 is 1.28 bits per heavy atom. The molecule has 2 aromatic carbocycles. The number of hydrogen-bond acceptors (Lipinski definition) is 6. The zero-order chi connectivity index (χ0) is 18.0. The Morgan fingerprint density at radius 3 is 2.76 bits per heavy atom. The van der Waals surface area contributed by atoms with Crippen molar-refractivity contribution in [2.75, 3.05) is 27.4 Å². The van der Waals surface area contributed by atoms with Gasteiger partial charge in [0.25, 0.3) is 5.69 Å². The Labute approximate surface area is 143 Å². The molecule has 0 radical (unpaired) electrons. The average molecular weight is 359 g/mol. The van der Waals surface area contributed by atoms with Gasteiger partial charge in [0, 0.05) is 18.7 Å². The van der Waals surface area contributed by atoms with Crippen molar-refractivity contribution in [3.05, 3.63) is 58.1 Å². The summed E-state index contributed by atoms with van der Waals surface area (Å²) < 4.78 is 28.0. The molecular formula is C15H13N5O4S. The Kier molecular flexibility index (Phi) is 4.16. The van der Waals surface area contributed by atoms with Crippen LogP contribution in [0, 0.1) is 21.4 Å². The number of nitrogens with zero attached hydrogens (tertiary/aromatic N) is 3. The summed E-state index contributed by atoms with van der Waals surface area (Å²) in [5.74, 6) is 0. The molecule has 1 heterocycles. The third kappa shape index (κ3) is 3.17. The lowest BCUT2D eigenvalue weighted by molar-refractivity contribution is -0.384. The molecule has 0 aromatic heterocycles. The fourth-order valence-corrected chi connectivity index (χ4v) is 3.83. The van der Waals surface area contributed by atoms with Gasteiger partial charge in [-0.05, 0) is 18.2 Å². The average Bonchev–Trinajstić information content (AvgIpc) is 2.84. The van der Waals surface area contributed by atoms with Gasteiger partial charge in [-0.15, -0.1) is 0 Å². The number of non-ortho nitro benzene ring substituents is 1. The number of hydrogen-bond donors (Lipinski definition) is 2. The van der Waals surface area contributed by atoms with E-state index in [-0.39, 0.29) is 30.0 Å². The molecule has 0 saturated heterocycles. The molecule has 3 rings (SSSR count). The minimum absolute atomic E-state index is 0.0971. The molecule has 0 amide bonds. The molecule has 2 N–H and O–H groups in total. The fraction of sp³-hybridized carbons (Fsp3) is 0.133. The predicted molar refractivity (Wildman–Crippen MR) is 92.6 cm³/mol. The van der Waals surface area contributed by atoms with Gasteiger partial charge in [-0.3, -0.25) is 14.8 Å². The molecule has 0 atom stereocenters. The van der Waals surface area contributed by atoms with Crippen molar-refractivity contribution in [1.82, 2.24) is 0 Å². The lowest BCUT2D eigenvalue weighted by Crippen LogP contribution is -2.34. The molecule has 0 unspecified atom stereocenters. The summed E-state index contributed by atoms with van der Waals surface area (Å²) in [5.41, 5.74) is 1.41. The molecule has 0 saturated carbocycles. The van der Waals surface area contributed by atoms with Crippen molar-refractivity contribution in [3.8, 4) is 6.07 Å². The van der Waals surface area contributed by atoms with Crippen LogP contribution >= 0.6 is 0 Å². The van der Waals surface area contributed by atoms with E-state index in [0.29, 0.717) is 11.4 Å². The third-order valence-corrected chi connectivity index (χ3v) is 5.10. The van der Waals surface area contributed by atoms with Gasteiger partial charge >= 0.3 is 10.2 Å². The van der Waals surface area contributed by atoms with Crippen LogP contribution in [0.3, 0.4) is 0 Å². The highest BCUT2D eigenvalue weighted by atomic mass is 32.2. The number of rotatable bonds is 5. The highest BCUT2D eigenvalue weighted by Gasteiger charge is 2.31. The molecular weight excluding hydrogens is 346 g/mol. The number of nitriles is 1. The first kappa shape index (κ1) is 16.5. The van der Waals surface area contributed by atoms with Gasteiger partial charge in [0.15, 0.2) is 0 Å². The van der Waals surface area contributed by atoms with Crippen LogP contribution in [0.5, 0.6) is 0 Å². The summed E-state index contributed by atoms with van der Waals surface area (Å²) in [6.07, 6.45) is 0. The van der Waals surface area contributed by atoms with E-state index in [9.17, 15) is 18.5 Å². The van der Waals surface area contributed by atoms with Gasteiger partial charge < -0.3 is 5.32 Å². The summed E-state index contributed by atoms with van der Waals surface area (Å²) in [5, 5.41) is 22.8. The molecule has 10 heteroatoms. The first-order chi connectivity index (χ1) is 11.9. The fourth-order valence-electron chi connectivity index (χ4n) is 2.52. The molecule has 0 fully saturated rings. The lowest BCUT2D eigenvalue weighted by Gasteiger charge is -2.17. The summed E-state index contributed by atoms with van der Waals surface area (Å²) in [6, 6.07) is 12.6. The summed E-state index contributed by atoms with van der Waals surface area (Å²) in [6.45, 7) is 0.269. The van der Waals surface area contributed by atoms with Crippen LogP contribution < -0.4 is 14.3 Å². The minimum Gasteiger partial charge on any atom is -0.382 e. The Bertz CT molecular complexity index is 984. The van der Waals surface area contributed by atoms with Gasteiger partial charge in [-0.2, -0.15) is 13.7 Å². The molecule has 25 heavy (non-hydrogen) atoms. The number of para-hydroxylation sites is 2. The van der Waals surface area contributed by atoms with Crippen LogP contribution in [0.25, 0.3) is 0 Å². The molecule has 0 aliphatic carbocycles. The summed E-state index contributed by atoms with van der Waals surface area (Å²) >= 11 is 0. The van der Waals surface area contributed by atoms with Crippen molar-refractivity contribution in [2.45, 2.75) is 0 Å². The predicted octanol–water partition coefficient (Wildman–Crippen LogP) is 2.06. The van der Waals surface area contributed by atoms with Gasteiger partial charge in [0.2, 0.25) is 0 Å². The zero-order valence-electron chi connectivity index (χ0n) is 12.8. The Morgan fingerprint density at radius 2 is 2.04 bits per heavy atom. The minimum atomic E-state index is -3.67. The number of nitro groups is 1. The van der Waals surface area contributed by atoms with Crippen LogP contribution in [-0.4, -0.2) is 26.4 Å². The van der Waals surface area contributed by atoms with Crippen molar-refractivity contribution in [3.63, 3.8) is 0 Å². The summed E-state index contributed by atoms with van der Waals surface area (Å²) in [7, 11) is -3.67. The van der Waals surface area contributed by atoms with Crippen LogP contribution in [0.4, 0.5) is 22.7 Å². The maximum Gasteiger partial charge on any atom is 0.324 e. The van der Waals surface area contributed by atoms with Crippen LogP contribution in [-0.2, 0) is 10.2 Å². The topological polar surface area (TPSA) is 128 Å². The maximum absolute atomic E-state index is 12.2. The molecule has 1 aliphatic heterocycles. The van der Waals surface area contributed by atoms with Crippen molar-refractivity contribution < 1.29 is 13.3 Å². The highest BCUT2D eigenvalue weighted by Crippen LogP contribution is 2.34. The second-order valence-electron chi connectivity index (χ2n) is 5.22. The van der Waals surface area contributed by atoms with Crippen molar-refractivity contribution in [2.24, 2.45) is 0 Å². The molecule has 2 aromatic rings. The second kappa shape index (κ2) is 6.29. The monoisotopic (exact) mass is 359 g/mol. The van der Waals surface area contributed by atoms with E-state index in [1.165, 1.54) is 22.5 Å². The molecule has 128 valence electrons. The van der Waals surface area contributed by atoms with E-state index < -0.39 is 15.1 Å². The largest absolute Gasteiger partial charge is 0.382 e. The molecule has 9 nitrogen and oxygen atoms in total. The zero-order valence-corrected chi connectivity index (χ0v) is 13.7. The van der Waals surface area contributed by atoms with E-state index in [0.717, 1.165) is 0 Å². The van der Waals surface area contributed by atoms with Gasteiger partial charge in [-0.1, -0.05) is 12.1 Å². The number of nitrogens with one attached hydrogen (secondary N) is 2. The quantitative estimate of drug-likeness (QED) is 0.621. The van der Waals surface area contributed by atoms with Gasteiger partial charge in [0.05, 0.1) is 34.1 Å². The summed E-state index contributed by atoms with van der Waals surface area (Å²) in [4.78, 5) is 10.3. The number of nitro benzene ring substituents is 1. The van der Waals surface area contributed by atoms with Gasteiger partial charge in [-0.25, -0.2) is 4.31 Å².